The first kappa shape index (κ1) is 23.3. The van der Waals surface area contributed by atoms with E-state index in [1.54, 1.807) is 0 Å². The SMILES string of the molecule is CCCCc1nc(N2CCN(C(=O)C(C)(C)C)CC2)c2c(-c3ccc4ccccc4c3)noc2n1. The van der Waals surface area contributed by atoms with E-state index < -0.39 is 0 Å². The van der Waals surface area contributed by atoms with Crippen LogP contribution in [0.5, 0.6) is 0 Å². The molecule has 0 bridgehead atoms. The third kappa shape index (κ3) is 4.59. The van der Waals surface area contributed by atoms with Gasteiger partial charge in [0.05, 0.1) is 0 Å². The highest BCUT2D eigenvalue weighted by molar-refractivity contribution is 6.00. The van der Waals surface area contributed by atoms with Crippen LogP contribution >= 0.6 is 0 Å². The molecule has 0 spiro atoms. The molecule has 0 unspecified atom stereocenters. The predicted octanol–water partition coefficient (Wildman–Crippen LogP) is 5.48. The van der Waals surface area contributed by atoms with Crippen LogP contribution in [0.2, 0.25) is 0 Å². The first-order chi connectivity index (χ1) is 16.8. The number of hydrogen-bond acceptors (Lipinski definition) is 6. The van der Waals surface area contributed by atoms with Crippen LogP contribution in [0.15, 0.2) is 47.0 Å². The molecule has 2 aromatic carbocycles. The van der Waals surface area contributed by atoms with Gasteiger partial charge in [0.2, 0.25) is 5.91 Å². The Hall–Kier alpha value is -3.48. The first-order valence-corrected chi connectivity index (χ1v) is 12.5. The summed E-state index contributed by atoms with van der Waals surface area (Å²) < 4.78 is 5.78. The van der Waals surface area contributed by atoms with E-state index in [1.807, 2.05) is 37.8 Å². The number of rotatable bonds is 5. The molecule has 7 heteroatoms. The molecule has 1 aliphatic heterocycles. The Balaban J connectivity index is 1.54. The average molecular weight is 472 g/mol. The number of anilines is 1. The van der Waals surface area contributed by atoms with Crippen molar-refractivity contribution in [1.29, 1.82) is 0 Å². The molecule has 0 saturated carbocycles. The molecule has 1 saturated heterocycles. The summed E-state index contributed by atoms with van der Waals surface area (Å²) in [6, 6.07) is 14.6. The van der Waals surface area contributed by atoms with Crippen LogP contribution in [-0.4, -0.2) is 52.1 Å². The molecule has 0 radical (unpaired) electrons. The van der Waals surface area contributed by atoms with E-state index in [0.717, 1.165) is 52.9 Å². The molecule has 1 aliphatic rings. The van der Waals surface area contributed by atoms with Crippen LogP contribution in [0.3, 0.4) is 0 Å². The van der Waals surface area contributed by atoms with Crippen molar-refractivity contribution in [2.24, 2.45) is 5.41 Å². The maximum atomic E-state index is 12.8. The smallest absolute Gasteiger partial charge is 0.263 e. The lowest BCUT2D eigenvalue weighted by atomic mass is 9.94. The summed E-state index contributed by atoms with van der Waals surface area (Å²) in [5, 5.41) is 7.63. The summed E-state index contributed by atoms with van der Waals surface area (Å²) in [7, 11) is 0. The zero-order valence-electron chi connectivity index (χ0n) is 21.0. The number of amides is 1. The lowest BCUT2D eigenvalue weighted by Crippen LogP contribution is -2.52. The van der Waals surface area contributed by atoms with E-state index in [9.17, 15) is 4.79 Å². The van der Waals surface area contributed by atoms with Gasteiger partial charge in [-0.05, 0) is 23.3 Å². The van der Waals surface area contributed by atoms with Gasteiger partial charge in [-0.2, -0.15) is 4.98 Å². The highest BCUT2D eigenvalue weighted by atomic mass is 16.5. The van der Waals surface area contributed by atoms with Crippen molar-refractivity contribution in [3.05, 3.63) is 48.3 Å². The lowest BCUT2D eigenvalue weighted by molar-refractivity contribution is -0.139. The highest BCUT2D eigenvalue weighted by Gasteiger charge is 2.31. The highest BCUT2D eigenvalue weighted by Crippen LogP contribution is 2.35. The second-order valence-corrected chi connectivity index (χ2v) is 10.4. The number of piperazine rings is 1. The monoisotopic (exact) mass is 471 g/mol. The van der Waals surface area contributed by atoms with Crippen LogP contribution in [0.25, 0.3) is 33.1 Å². The number of unbranched alkanes of at least 4 members (excludes halogenated alkanes) is 1. The Kier molecular flexibility index (Phi) is 6.17. The summed E-state index contributed by atoms with van der Waals surface area (Å²) in [6.07, 6.45) is 2.89. The number of carbonyl (C=O) groups is 1. The minimum Gasteiger partial charge on any atom is -0.352 e. The Morgan fingerprint density at radius 3 is 2.46 bits per heavy atom. The molecule has 182 valence electrons. The molecule has 5 rings (SSSR count). The number of fused-ring (bicyclic) bond motifs is 2. The Bertz CT molecular complexity index is 1360. The molecule has 0 aliphatic carbocycles. The number of carbonyl (C=O) groups excluding carboxylic acids is 1. The van der Waals surface area contributed by atoms with Crippen LogP contribution in [-0.2, 0) is 11.2 Å². The number of benzene rings is 2. The van der Waals surface area contributed by atoms with Gasteiger partial charge in [-0.3, -0.25) is 4.79 Å². The fourth-order valence-corrected chi connectivity index (χ4v) is 4.68. The summed E-state index contributed by atoms with van der Waals surface area (Å²) in [5.41, 5.74) is 1.89. The van der Waals surface area contributed by atoms with Crippen LogP contribution in [0, 0.1) is 5.41 Å². The summed E-state index contributed by atoms with van der Waals surface area (Å²) in [5.74, 6) is 1.83. The molecule has 1 amide bonds. The summed E-state index contributed by atoms with van der Waals surface area (Å²) in [6.45, 7) is 10.9. The van der Waals surface area contributed by atoms with Crippen LogP contribution < -0.4 is 4.90 Å². The van der Waals surface area contributed by atoms with Gasteiger partial charge in [-0.1, -0.05) is 75.7 Å². The standard InChI is InChI=1S/C28H33N5O2/c1-5-6-11-22-29-25(32-14-16-33(17-15-32)27(34)28(2,3)4)23-24(31-35-26(23)30-22)21-13-12-19-9-7-8-10-20(19)18-21/h7-10,12-13,18H,5-6,11,14-17H2,1-4H3. The molecule has 0 atom stereocenters. The Morgan fingerprint density at radius 2 is 1.74 bits per heavy atom. The van der Waals surface area contributed by atoms with Gasteiger partial charge in [0.15, 0.2) is 0 Å². The number of nitrogens with zero attached hydrogens (tertiary/aromatic N) is 5. The van der Waals surface area contributed by atoms with Crippen molar-refractivity contribution >= 4 is 33.6 Å². The maximum Gasteiger partial charge on any atom is 0.263 e. The van der Waals surface area contributed by atoms with Gasteiger partial charge < -0.3 is 14.3 Å². The minimum atomic E-state index is -0.380. The quantitative estimate of drug-likeness (QED) is 0.384. The molecule has 7 nitrogen and oxygen atoms in total. The van der Waals surface area contributed by atoms with Gasteiger partial charge in [0.25, 0.3) is 5.71 Å². The number of hydrogen-bond donors (Lipinski definition) is 0. The van der Waals surface area contributed by atoms with Crippen molar-refractivity contribution < 1.29 is 9.32 Å². The van der Waals surface area contributed by atoms with E-state index in [0.29, 0.717) is 31.9 Å². The fraction of sp³-hybridized carbons (Fsp3) is 0.429. The van der Waals surface area contributed by atoms with Gasteiger partial charge >= 0.3 is 0 Å². The van der Waals surface area contributed by atoms with Crippen LogP contribution in [0.4, 0.5) is 5.82 Å². The largest absolute Gasteiger partial charge is 0.352 e. The molecule has 0 N–H and O–H groups in total. The molecule has 4 aromatic rings. The van der Waals surface area contributed by atoms with Gasteiger partial charge in [-0.15, -0.1) is 0 Å². The second-order valence-electron chi connectivity index (χ2n) is 10.4. The lowest BCUT2D eigenvalue weighted by Gasteiger charge is -2.38. The first-order valence-electron chi connectivity index (χ1n) is 12.5. The van der Waals surface area contributed by atoms with Crippen molar-refractivity contribution in [3.8, 4) is 11.3 Å². The van der Waals surface area contributed by atoms with E-state index in [2.05, 4.69) is 47.3 Å². The van der Waals surface area contributed by atoms with E-state index in [1.165, 1.54) is 5.39 Å². The fourth-order valence-electron chi connectivity index (χ4n) is 4.68. The molecule has 35 heavy (non-hydrogen) atoms. The molecule has 3 heterocycles. The van der Waals surface area contributed by atoms with Crippen molar-refractivity contribution in [2.45, 2.75) is 47.0 Å². The molecular weight excluding hydrogens is 438 g/mol. The molecular formula is C28H33N5O2. The summed E-state index contributed by atoms with van der Waals surface area (Å²) >= 11 is 0. The zero-order chi connectivity index (χ0) is 24.6. The van der Waals surface area contributed by atoms with Gasteiger partial charge in [0.1, 0.15) is 22.7 Å². The topological polar surface area (TPSA) is 75.4 Å². The van der Waals surface area contributed by atoms with Crippen molar-refractivity contribution in [1.82, 2.24) is 20.0 Å². The Labute approximate surface area is 206 Å². The van der Waals surface area contributed by atoms with E-state index in [4.69, 9.17) is 14.5 Å². The zero-order valence-corrected chi connectivity index (χ0v) is 21.0. The maximum absolute atomic E-state index is 12.8. The van der Waals surface area contributed by atoms with E-state index in [-0.39, 0.29) is 11.3 Å². The number of aryl methyl sites for hydroxylation is 1. The average Bonchev–Trinajstić information content (AvgIpc) is 3.30. The van der Waals surface area contributed by atoms with E-state index >= 15 is 0 Å². The third-order valence-corrected chi connectivity index (χ3v) is 6.65. The molecule has 1 fully saturated rings. The van der Waals surface area contributed by atoms with Crippen molar-refractivity contribution in [3.63, 3.8) is 0 Å². The van der Waals surface area contributed by atoms with Gasteiger partial charge in [0, 0.05) is 43.6 Å². The summed E-state index contributed by atoms with van der Waals surface area (Å²) in [4.78, 5) is 26.8. The van der Waals surface area contributed by atoms with Crippen LogP contribution in [0.1, 0.15) is 46.4 Å². The number of aromatic nitrogens is 3. The predicted molar refractivity (Wildman–Crippen MR) is 139 cm³/mol. The second kappa shape index (κ2) is 9.29. The van der Waals surface area contributed by atoms with Crippen molar-refractivity contribution in [2.75, 3.05) is 31.1 Å². The van der Waals surface area contributed by atoms with Gasteiger partial charge in [-0.25, -0.2) is 4.98 Å². The minimum absolute atomic E-state index is 0.190. The third-order valence-electron chi connectivity index (χ3n) is 6.65. The molecule has 2 aromatic heterocycles. The Morgan fingerprint density at radius 1 is 1.00 bits per heavy atom. The normalized spacial score (nSPS) is 14.7.